The molecule has 0 saturated carbocycles. The average molecular weight is 296 g/mol. The maximum Gasteiger partial charge on any atom is 0.280 e. The first kappa shape index (κ1) is 15.5. The van der Waals surface area contributed by atoms with E-state index in [-0.39, 0.29) is 12.1 Å². The molecule has 5 heteroatoms. The quantitative estimate of drug-likeness (QED) is 0.928. The fourth-order valence-corrected chi connectivity index (χ4v) is 4.55. The van der Waals surface area contributed by atoms with Crippen molar-refractivity contribution in [3.63, 3.8) is 0 Å². The first-order valence-corrected chi connectivity index (χ1v) is 8.67. The molecule has 0 amide bonds. The van der Waals surface area contributed by atoms with Crippen molar-refractivity contribution in [2.75, 3.05) is 6.54 Å². The lowest BCUT2D eigenvalue weighted by molar-refractivity contribution is 0.295. The second-order valence-corrected chi connectivity index (χ2v) is 7.42. The molecule has 1 aliphatic rings. The van der Waals surface area contributed by atoms with E-state index in [4.69, 9.17) is 0 Å². The Morgan fingerprint density at radius 2 is 2.10 bits per heavy atom. The summed E-state index contributed by atoms with van der Waals surface area (Å²) >= 11 is 0. The zero-order chi connectivity index (χ0) is 14.9. The minimum atomic E-state index is -3.41. The summed E-state index contributed by atoms with van der Waals surface area (Å²) in [4.78, 5) is 0. The van der Waals surface area contributed by atoms with Crippen LogP contribution in [0.4, 0.5) is 0 Å². The highest BCUT2D eigenvalue weighted by molar-refractivity contribution is 7.87. The predicted octanol–water partition coefficient (Wildman–Crippen LogP) is 2.55. The van der Waals surface area contributed by atoms with Crippen molar-refractivity contribution in [2.24, 2.45) is 0 Å². The zero-order valence-corrected chi connectivity index (χ0v) is 13.5. The van der Waals surface area contributed by atoms with Gasteiger partial charge >= 0.3 is 0 Å². The molecular weight excluding hydrogens is 272 g/mol. The van der Waals surface area contributed by atoms with Gasteiger partial charge in [-0.15, -0.1) is 0 Å². The van der Waals surface area contributed by atoms with Crippen LogP contribution >= 0.6 is 0 Å². The smallest absolute Gasteiger partial charge is 0.200 e. The second-order valence-electron chi connectivity index (χ2n) is 5.76. The Hall–Kier alpha value is -0.910. The summed E-state index contributed by atoms with van der Waals surface area (Å²) in [6, 6.07) is 6.17. The minimum Gasteiger partial charge on any atom is -0.200 e. The summed E-state index contributed by atoms with van der Waals surface area (Å²) < 4.78 is 29.2. The maximum absolute atomic E-state index is 12.5. The van der Waals surface area contributed by atoms with E-state index in [1.165, 1.54) is 11.1 Å². The first-order valence-electron chi connectivity index (χ1n) is 7.23. The van der Waals surface area contributed by atoms with Crippen LogP contribution in [0.2, 0.25) is 0 Å². The van der Waals surface area contributed by atoms with E-state index in [9.17, 15) is 8.42 Å². The summed E-state index contributed by atoms with van der Waals surface area (Å²) in [5, 5.41) is 0. The van der Waals surface area contributed by atoms with Crippen molar-refractivity contribution in [3.8, 4) is 0 Å². The molecule has 1 atom stereocenters. The van der Waals surface area contributed by atoms with Crippen LogP contribution in [0.1, 0.15) is 49.9 Å². The normalized spacial score (nSPS) is 20.1. The number of nitrogens with one attached hydrogen (secondary N) is 1. The molecule has 0 aromatic heterocycles. The maximum atomic E-state index is 12.5. The Morgan fingerprint density at radius 1 is 1.40 bits per heavy atom. The molecule has 112 valence electrons. The molecular formula is C15H24N2O2S. The SMILES string of the molecule is CCC1c2ccc(C)cc2CCN1S(=O)(=O)NC(C)C. The van der Waals surface area contributed by atoms with Gasteiger partial charge in [0.25, 0.3) is 10.2 Å². The largest absolute Gasteiger partial charge is 0.280 e. The van der Waals surface area contributed by atoms with Crippen LogP contribution in [-0.2, 0) is 16.6 Å². The van der Waals surface area contributed by atoms with E-state index in [1.54, 1.807) is 4.31 Å². The van der Waals surface area contributed by atoms with Crippen molar-refractivity contribution >= 4 is 10.2 Å². The molecule has 4 nitrogen and oxygen atoms in total. The number of rotatable bonds is 4. The van der Waals surface area contributed by atoms with Gasteiger partial charge in [-0.3, -0.25) is 0 Å². The van der Waals surface area contributed by atoms with E-state index in [0.717, 1.165) is 18.4 Å². The molecule has 2 rings (SSSR count). The lowest BCUT2D eigenvalue weighted by atomic mass is 9.91. The topological polar surface area (TPSA) is 49.4 Å². The summed E-state index contributed by atoms with van der Waals surface area (Å²) in [7, 11) is -3.41. The highest BCUT2D eigenvalue weighted by atomic mass is 32.2. The predicted molar refractivity (Wildman–Crippen MR) is 81.8 cm³/mol. The molecule has 0 fully saturated rings. The number of nitrogens with zero attached hydrogens (tertiary/aromatic N) is 1. The number of fused-ring (bicyclic) bond motifs is 1. The van der Waals surface area contributed by atoms with Gasteiger partial charge in [-0.05, 0) is 44.7 Å². The van der Waals surface area contributed by atoms with Gasteiger partial charge in [0.05, 0.1) is 6.04 Å². The third-order valence-electron chi connectivity index (χ3n) is 3.69. The van der Waals surface area contributed by atoms with Gasteiger partial charge in [0.15, 0.2) is 0 Å². The molecule has 1 aliphatic heterocycles. The molecule has 0 spiro atoms. The summed E-state index contributed by atoms with van der Waals surface area (Å²) in [5.41, 5.74) is 3.67. The highest BCUT2D eigenvalue weighted by Gasteiger charge is 2.34. The van der Waals surface area contributed by atoms with E-state index in [0.29, 0.717) is 6.54 Å². The molecule has 0 bridgehead atoms. The Bertz CT molecular complexity index is 582. The Labute approximate surface area is 122 Å². The third kappa shape index (κ3) is 3.05. The third-order valence-corrected chi connectivity index (χ3v) is 5.51. The van der Waals surface area contributed by atoms with Gasteiger partial charge in [0.2, 0.25) is 0 Å². The standard InChI is InChI=1S/C15H24N2O2S/c1-5-15-14-7-6-12(4)10-13(14)8-9-17(15)20(18,19)16-11(2)3/h6-7,10-11,15-16H,5,8-9H2,1-4H3. The van der Waals surface area contributed by atoms with Crippen LogP contribution in [0.3, 0.4) is 0 Å². The van der Waals surface area contributed by atoms with E-state index in [2.05, 4.69) is 29.8 Å². The van der Waals surface area contributed by atoms with Gasteiger partial charge < -0.3 is 0 Å². The fraction of sp³-hybridized carbons (Fsp3) is 0.600. The van der Waals surface area contributed by atoms with Crippen LogP contribution < -0.4 is 4.72 Å². The molecule has 0 saturated heterocycles. The number of aryl methyl sites for hydroxylation is 1. The number of hydrogen-bond donors (Lipinski definition) is 1. The molecule has 20 heavy (non-hydrogen) atoms. The molecule has 1 aromatic rings. The monoisotopic (exact) mass is 296 g/mol. The van der Waals surface area contributed by atoms with Crippen molar-refractivity contribution in [1.82, 2.24) is 9.03 Å². The number of hydrogen-bond acceptors (Lipinski definition) is 2. The van der Waals surface area contributed by atoms with Gasteiger partial charge in [0, 0.05) is 12.6 Å². The van der Waals surface area contributed by atoms with Gasteiger partial charge in [-0.1, -0.05) is 30.7 Å². The number of benzene rings is 1. The van der Waals surface area contributed by atoms with Crippen molar-refractivity contribution in [2.45, 2.75) is 52.6 Å². The summed E-state index contributed by atoms with van der Waals surface area (Å²) in [6.45, 7) is 8.36. The summed E-state index contributed by atoms with van der Waals surface area (Å²) in [5.74, 6) is 0. The van der Waals surface area contributed by atoms with Crippen LogP contribution in [-0.4, -0.2) is 25.3 Å². The fourth-order valence-electron chi connectivity index (χ4n) is 2.89. The van der Waals surface area contributed by atoms with Crippen molar-refractivity contribution < 1.29 is 8.42 Å². The molecule has 1 N–H and O–H groups in total. The average Bonchev–Trinajstić information content (AvgIpc) is 2.35. The molecule has 0 aliphatic carbocycles. The lowest BCUT2D eigenvalue weighted by Gasteiger charge is -2.36. The Kier molecular flexibility index (Phi) is 4.52. The van der Waals surface area contributed by atoms with Gasteiger partial charge in [0.1, 0.15) is 0 Å². The van der Waals surface area contributed by atoms with Gasteiger partial charge in [-0.2, -0.15) is 17.4 Å². The zero-order valence-electron chi connectivity index (χ0n) is 12.7. The van der Waals surface area contributed by atoms with Gasteiger partial charge in [-0.25, -0.2) is 0 Å². The molecule has 0 radical (unpaired) electrons. The second kappa shape index (κ2) is 5.84. The molecule has 1 unspecified atom stereocenters. The Morgan fingerprint density at radius 3 is 2.70 bits per heavy atom. The first-order chi connectivity index (χ1) is 9.35. The van der Waals surface area contributed by atoms with Crippen LogP contribution in [0.5, 0.6) is 0 Å². The Balaban J connectivity index is 2.37. The minimum absolute atomic E-state index is 0.0596. The highest BCUT2D eigenvalue weighted by Crippen LogP contribution is 2.34. The molecule has 1 aromatic carbocycles. The van der Waals surface area contributed by atoms with E-state index in [1.807, 2.05) is 20.8 Å². The van der Waals surface area contributed by atoms with E-state index >= 15 is 0 Å². The molecule has 1 heterocycles. The lowest BCUT2D eigenvalue weighted by Crippen LogP contribution is -2.47. The van der Waals surface area contributed by atoms with Crippen LogP contribution in [0, 0.1) is 6.92 Å². The van der Waals surface area contributed by atoms with Crippen molar-refractivity contribution in [1.29, 1.82) is 0 Å². The van der Waals surface area contributed by atoms with Crippen molar-refractivity contribution in [3.05, 3.63) is 34.9 Å². The van der Waals surface area contributed by atoms with Crippen LogP contribution in [0.25, 0.3) is 0 Å². The van der Waals surface area contributed by atoms with E-state index < -0.39 is 10.2 Å². The van der Waals surface area contributed by atoms with Crippen LogP contribution in [0.15, 0.2) is 18.2 Å². The summed E-state index contributed by atoms with van der Waals surface area (Å²) in [6.07, 6.45) is 1.57.